The van der Waals surface area contributed by atoms with Gasteiger partial charge in [0, 0.05) is 12.5 Å². The average molecular weight is 202 g/mol. The Bertz CT molecular complexity index is 148. The monoisotopic (exact) mass is 202 g/mol. The van der Waals surface area contributed by atoms with Gasteiger partial charge in [-0.2, -0.15) is 0 Å². The number of unbranched alkanes of at least 4 members (excludes halogenated alkanes) is 1. The lowest BCUT2D eigenvalue weighted by Crippen LogP contribution is -2.36. The second kappa shape index (κ2) is 7.27. The summed E-state index contributed by atoms with van der Waals surface area (Å²) in [6.07, 6.45) is 3.35. The molecule has 0 aliphatic carbocycles. The molecule has 78 valence electrons. The summed E-state index contributed by atoms with van der Waals surface area (Å²) in [7, 11) is 0. The molecule has 0 amide bonds. The highest BCUT2D eigenvalue weighted by atomic mass is 32.1. The molecule has 3 heteroatoms. The van der Waals surface area contributed by atoms with Crippen LogP contribution in [0.5, 0.6) is 0 Å². The van der Waals surface area contributed by atoms with Crippen LogP contribution in [0.3, 0.4) is 0 Å². The van der Waals surface area contributed by atoms with Gasteiger partial charge in [-0.15, -0.1) is 0 Å². The van der Waals surface area contributed by atoms with E-state index in [4.69, 9.17) is 18.0 Å². The Morgan fingerprint density at radius 3 is 2.46 bits per heavy atom. The van der Waals surface area contributed by atoms with Crippen LogP contribution in [-0.2, 0) is 0 Å². The molecular weight excluding hydrogens is 180 g/mol. The highest BCUT2D eigenvalue weighted by Gasteiger charge is 2.11. The minimum absolute atomic E-state index is 0.494. The topological polar surface area (TPSA) is 29.3 Å². The maximum Gasteiger partial charge on any atom is 0.0742 e. The van der Waals surface area contributed by atoms with Crippen LogP contribution in [0.2, 0.25) is 0 Å². The van der Waals surface area contributed by atoms with Gasteiger partial charge < -0.3 is 10.6 Å². The van der Waals surface area contributed by atoms with Crippen molar-refractivity contribution in [2.75, 3.05) is 13.1 Å². The third-order valence-corrected chi connectivity index (χ3v) is 2.49. The van der Waals surface area contributed by atoms with E-state index < -0.39 is 0 Å². The average Bonchev–Trinajstić information content (AvgIpc) is 2.04. The zero-order valence-electron chi connectivity index (χ0n) is 9.05. The van der Waals surface area contributed by atoms with E-state index in [1.807, 2.05) is 0 Å². The molecule has 13 heavy (non-hydrogen) atoms. The normalized spacial score (nSPS) is 13.2. The van der Waals surface area contributed by atoms with E-state index in [0.717, 1.165) is 19.5 Å². The summed E-state index contributed by atoms with van der Waals surface area (Å²) in [5, 5.41) is 0. The molecule has 0 bridgehead atoms. The van der Waals surface area contributed by atoms with E-state index in [-0.39, 0.29) is 0 Å². The summed E-state index contributed by atoms with van der Waals surface area (Å²) in [5.74, 6) is 0. The van der Waals surface area contributed by atoms with Gasteiger partial charge in [-0.05, 0) is 26.4 Å². The lowest BCUT2D eigenvalue weighted by Gasteiger charge is -2.27. The quantitative estimate of drug-likeness (QED) is 0.642. The Morgan fingerprint density at radius 2 is 2.08 bits per heavy atom. The van der Waals surface area contributed by atoms with Crippen molar-refractivity contribution < 1.29 is 0 Å². The standard InChI is InChI=1S/C10H22N2S/c1-4-6-7-12(5-2)9(3)8-10(11)13/h9H,4-8H2,1-3H3,(H2,11,13). The molecule has 1 unspecified atom stereocenters. The van der Waals surface area contributed by atoms with E-state index in [1.54, 1.807) is 0 Å². The van der Waals surface area contributed by atoms with Crippen molar-refractivity contribution in [3.63, 3.8) is 0 Å². The Morgan fingerprint density at radius 1 is 1.46 bits per heavy atom. The van der Waals surface area contributed by atoms with E-state index in [2.05, 4.69) is 25.7 Å². The fraction of sp³-hybridized carbons (Fsp3) is 0.900. The van der Waals surface area contributed by atoms with Crippen LogP contribution >= 0.6 is 12.2 Å². The summed E-state index contributed by atoms with van der Waals surface area (Å²) in [4.78, 5) is 3.06. The third kappa shape index (κ3) is 5.99. The molecule has 0 aliphatic rings. The number of nitrogens with two attached hydrogens (primary N) is 1. The Hall–Kier alpha value is -0.150. The molecule has 0 radical (unpaired) electrons. The van der Waals surface area contributed by atoms with Crippen molar-refractivity contribution in [2.24, 2.45) is 5.73 Å². The van der Waals surface area contributed by atoms with Crippen LogP contribution in [0.1, 0.15) is 40.0 Å². The van der Waals surface area contributed by atoms with Crippen molar-refractivity contribution in [3.8, 4) is 0 Å². The third-order valence-electron chi connectivity index (χ3n) is 2.33. The maximum absolute atomic E-state index is 5.52. The highest BCUT2D eigenvalue weighted by molar-refractivity contribution is 7.80. The van der Waals surface area contributed by atoms with E-state index in [1.165, 1.54) is 12.8 Å². The first-order valence-electron chi connectivity index (χ1n) is 5.14. The molecule has 0 fully saturated rings. The summed E-state index contributed by atoms with van der Waals surface area (Å²) in [6.45, 7) is 8.84. The summed E-state index contributed by atoms with van der Waals surface area (Å²) in [6, 6.07) is 0.494. The second-order valence-corrected chi connectivity index (χ2v) is 4.03. The minimum Gasteiger partial charge on any atom is -0.393 e. The van der Waals surface area contributed by atoms with Crippen molar-refractivity contribution in [3.05, 3.63) is 0 Å². The SMILES string of the molecule is CCCCN(CC)C(C)CC(N)=S. The van der Waals surface area contributed by atoms with E-state index in [9.17, 15) is 0 Å². The molecule has 0 saturated carbocycles. The first-order valence-corrected chi connectivity index (χ1v) is 5.55. The Balaban J connectivity index is 3.83. The lowest BCUT2D eigenvalue weighted by atomic mass is 10.2. The van der Waals surface area contributed by atoms with Gasteiger partial charge in [-0.25, -0.2) is 0 Å². The highest BCUT2D eigenvalue weighted by Crippen LogP contribution is 2.05. The molecule has 0 rings (SSSR count). The molecule has 0 aliphatic heterocycles. The molecule has 0 aromatic heterocycles. The fourth-order valence-electron chi connectivity index (χ4n) is 1.47. The van der Waals surface area contributed by atoms with Crippen molar-refractivity contribution >= 4 is 17.2 Å². The summed E-state index contributed by atoms with van der Waals surface area (Å²) < 4.78 is 0. The zero-order valence-corrected chi connectivity index (χ0v) is 9.86. The minimum atomic E-state index is 0.494. The number of hydrogen-bond acceptors (Lipinski definition) is 2. The van der Waals surface area contributed by atoms with Gasteiger partial charge in [0.1, 0.15) is 0 Å². The lowest BCUT2D eigenvalue weighted by molar-refractivity contribution is 0.221. The molecule has 0 heterocycles. The largest absolute Gasteiger partial charge is 0.393 e. The number of rotatable bonds is 7. The maximum atomic E-state index is 5.52. The Kier molecular flexibility index (Phi) is 7.19. The first kappa shape index (κ1) is 12.8. The van der Waals surface area contributed by atoms with Gasteiger partial charge in [0.2, 0.25) is 0 Å². The second-order valence-electron chi connectivity index (χ2n) is 3.50. The van der Waals surface area contributed by atoms with E-state index >= 15 is 0 Å². The van der Waals surface area contributed by atoms with Crippen molar-refractivity contribution in [2.45, 2.75) is 46.1 Å². The van der Waals surface area contributed by atoms with Crippen LogP contribution in [-0.4, -0.2) is 29.0 Å². The van der Waals surface area contributed by atoms with Gasteiger partial charge in [0.05, 0.1) is 4.99 Å². The smallest absolute Gasteiger partial charge is 0.0742 e. The molecule has 2 N–H and O–H groups in total. The Labute approximate surface area is 87.5 Å². The van der Waals surface area contributed by atoms with Crippen LogP contribution in [0.25, 0.3) is 0 Å². The molecule has 0 aromatic carbocycles. The number of hydrogen-bond donors (Lipinski definition) is 1. The van der Waals surface area contributed by atoms with Gasteiger partial charge in [0.15, 0.2) is 0 Å². The van der Waals surface area contributed by atoms with Gasteiger partial charge >= 0.3 is 0 Å². The molecule has 1 atom stereocenters. The van der Waals surface area contributed by atoms with Crippen LogP contribution < -0.4 is 5.73 Å². The number of thiocarbonyl (C=S) groups is 1. The van der Waals surface area contributed by atoms with E-state index in [0.29, 0.717) is 11.0 Å². The number of nitrogens with zero attached hydrogens (tertiary/aromatic N) is 1. The summed E-state index contributed by atoms with van der Waals surface area (Å²) >= 11 is 4.90. The van der Waals surface area contributed by atoms with Crippen molar-refractivity contribution in [1.29, 1.82) is 0 Å². The molecule has 2 nitrogen and oxygen atoms in total. The predicted molar refractivity (Wildman–Crippen MR) is 63.0 cm³/mol. The van der Waals surface area contributed by atoms with Gasteiger partial charge in [-0.3, -0.25) is 0 Å². The molecule has 0 spiro atoms. The zero-order chi connectivity index (χ0) is 10.3. The first-order chi connectivity index (χ1) is 6.11. The van der Waals surface area contributed by atoms with Crippen LogP contribution in [0, 0.1) is 0 Å². The molecular formula is C10H22N2S. The predicted octanol–water partition coefficient (Wildman–Crippen LogP) is 2.17. The van der Waals surface area contributed by atoms with Gasteiger partial charge in [-0.1, -0.05) is 32.5 Å². The molecule has 0 aromatic rings. The van der Waals surface area contributed by atoms with Crippen LogP contribution in [0.15, 0.2) is 0 Å². The van der Waals surface area contributed by atoms with Crippen molar-refractivity contribution in [1.82, 2.24) is 4.90 Å². The summed E-state index contributed by atoms with van der Waals surface area (Å²) in [5.41, 5.74) is 5.52. The van der Waals surface area contributed by atoms with Gasteiger partial charge in [0.25, 0.3) is 0 Å². The fourth-order valence-corrected chi connectivity index (χ4v) is 1.71. The van der Waals surface area contributed by atoms with Crippen LogP contribution in [0.4, 0.5) is 0 Å². The molecule has 0 saturated heterocycles.